The van der Waals surface area contributed by atoms with Gasteiger partial charge in [-0.05, 0) is 35.7 Å². The minimum atomic E-state index is -4.67. The molecule has 11 heteroatoms. The highest BCUT2D eigenvalue weighted by molar-refractivity contribution is 7.10. The number of ether oxygens (including phenoxy) is 1. The second-order valence-corrected chi connectivity index (χ2v) is 7.33. The zero-order valence-electron chi connectivity index (χ0n) is 15.5. The van der Waals surface area contributed by atoms with Crippen molar-refractivity contribution in [2.45, 2.75) is 6.18 Å². The van der Waals surface area contributed by atoms with E-state index in [0.29, 0.717) is 6.07 Å². The summed E-state index contributed by atoms with van der Waals surface area (Å²) in [5.74, 6) is -2.12. The number of nitrogens with one attached hydrogen (secondary N) is 1. The van der Waals surface area contributed by atoms with E-state index in [4.69, 9.17) is 16.3 Å². The molecule has 2 amide bonds. The number of amides is 2. The van der Waals surface area contributed by atoms with E-state index in [0.717, 1.165) is 15.8 Å². The van der Waals surface area contributed by atoms with E-state index in [2.05, 4.69) is 5.32 Å². The van der Waals surface area contributed by atoms with Crippen molar-refractivity contribution >= 4 is 52.5 Å². The number of likely N-dealkylation sites (N-methyl/N-ethyl adjacent to an activating group) is 1. The summed E-state index contributed by atoms with van der Waals surface area (Å²) in [6, 6.07) is 6.53. The van der Waals surface area contributed by atoms with Gasteiger partial charge in [-0.3, -0.25) is 9.59 Å². The number of benzene rings is 1. The van der Waals surface area contributed by atoms with E-state index >= 15 is 0 Å². The van der Waals surface area contributed by atoms with Gasteiger partial charge in [-0.15, -0.1) is 11.3 Å². The summed E-state index contributed by atoms with van der Waals surface area (Å²) in [4.78, 5) is 37.4. The molecule has 30 heavy (non-hydrogen) atoms. The maximum Gasteiger partial charge on any atom is 0.417 e. The number of carbonyl (C=O) groups is 3. The predicted octanol–water partition coefficient (Wildman–Crippen LogP) is 4.07. The van der Waals surface area contributed by atoms with Crippen molar-refractivity contribution in [3.05, 3.63) is 57.3 Å². The summed E-state index contributed by atoms with van der Waals surface area (Å²) >= 11 is 6.94. The van der Waals surface area contributed by atoms with Gasteiger partial charge in [0.1, 0.15) is 0 Å². The fraction of sp³-hybridized carbons (Fsp3) is 0.211. The lowest BCUT2D eigenvalue weighted by Gasteiger charge is -2.17. The van der Waals surface area contributed by atoms with Gasteiger partial charge in [0, 0.05) is 23.7 Å². The van der Waals surface area contributed by atoms with Crippen LogP contribution in [0.4, 0.5) is 18.9 Å². The average Bonchev–Trinajstić information content (AvgIpc) is 3.18. The first-order chi connectivity index (χ1) is 14.1. The largest absolute Gasteiger partial charge is 0.452 e. The predicted molar refractivity (Wildman–Crippen MR) is 107 cm³/mol. The third-order valence-corrected chi connectivity index (χ3v) is 4.79. The van der Waals surface area contributed by atoms with Crippen LogP contribution >= 0.6 is 22.9 Å². The Labute approximate surface area is 178 Å². The topological polar surface area (TPSA) is 75.7 Å². The number of rotatable bonds is 7. The van der Waals surface area contributed by atoms with Gasteiger partial charge >= 0.3 is 12.1 Å². The highest BCUT2D eigenvalue weighted by Gasteiger charge is 2.33. The summed E-state index contributed by atoms with van der Waals surface area (Å²) in [5.41, 5.74) is -1.21. The van der Waals surface area contributed by atoms with E-state index in [9.17, 15) is 27.6 Å². The second kappa shape index (κ2) is 10.3. The Morgan fingerprint density at radius 1 is 1.27 bits per heavy atom. The summed E-state index contributed by atoms with van der Waals surface area (Å²) in [6.07, 6.45) is -1.97. The maximum atomic E-state index is 12.9. The minimum Gasteiger partial charge on any atom is -0.452 e. The summed E-state index contributed by atoms with van der Waals surface area (Å²) in [7, 11) is 1.29. The molecule has 0 aliphatic carbocycles. The average molecular weight is 461 g/mol. The Morgan fingerprint density at radius 2 is 2.00 bits per heavy atom. The van der Waals surface area contributed by atoms with Crippen molar-refractivity contribution in [1.82, 2.24) is 4.90 Å². The SMILES string of the molecule is CN(CC(=O)Nc1ccc(Cl)c(C(F)(F)F)c1)C(=O)COC(=O)C=Cc1cccs1. The minimum absolute atomic E-state index is 0.122. The fourth-order valence-corrected chi connectivity index (χ4v) is 2.99. The van der Waals surface area contributed by atoms with Crippen molar-refractivity contribution in [2.24, 2.45) is 0 Å². The molecule has 2 rings (SSSR count). The van der Waals surface area contributed by atoms with E-state index in [1.54, 1.807) is 6.07 Å². The molecule has 160 valence electrons. The molecule has 0 saturated carbocycles. The lowest BCUT2D eigenvalue weighted by Crippen LogP contribution is -2.37. The van der Waals surface area contributed by atoms with Crippen molar-refractivity contribution in [3.8, 4) is 0 Å². The number of thiophene rings is 1. The number of hydrogen-bond acceptors (Lipinski definition) is 5. The molecule has 0 aliphatic heterocycles. The number of esters is 1. The summed E-state index contributed by atoms with van der Waals surface area (Å²) < 4.78 is 43.4. The van der Waals surface area contributed by atoms with Gasteiger partial charge in [-0.25, -0.2) is 4.79 Å². The molecule has 0 bridgehead atoms. The highest BCUT2D eigenvalue weighted by Crippen LogP contribution is 2.36. The van der Waals surface area contributed by atoms with Gasteiger partial charge in [0.2, 0.25) is 5.91 Å². The molecule has 0 fully saturated rings. The van der Waals surface area contributed by atoms with Gasteiger partial charge in [-0.1, -0.05) is 17.7 Å². The molecule has 2 aromatic rings. The number of alkyl halides is 3. The number of halogens is 4. The molecule has 6 nitrogen and oxygen atoms in total. The molecule has 0 saturated heterocycles. The van der Waals surface area contributed by atoms with Crippen molar-refractivity contribution in [3.63, 3.8) is 0 Å². The molecule has 1 aromatic carbocycles. The van der Waals surface area contributed by atoms with Crippen LogP contribution in [0.2, 0.25) is 5.02 Å². The Balaban J connectivity index is 1.83. The molecule has 1 aromatic heterocycles. The zero-order valence-corrected chi connectivity index (χ0v) is 17.1. The lowest BCUT2D eigenvalue weighted by molar-refractivity contribution is -0.148. The normalized spacial score (nSPS) is 11.4. The first kappa shape index (κ1) is 23.4. The van der Waals surface area contributed by atoms with Crippen molar-refractivity contribution < 1.29 is 32.3 Å². The van der Waals surface area contributed by atoms with Crippen LogP contribution in [0.3, 0.4) is 0 Å². The summed E-state index contributed by atoms with van der Waals surface area (Å²) in [6.45, 7) is -1.04. The van der Waals surface area contributed by atoms with Gasteiger partial charge < -0.3 is 15.0 Å². The van der Waals surface area contributed by atoms with Crippen LogP contribution in [0.15, 0.2) is 41.8 Å². The van der Waals surface area contributed by atoms with Gasteiger partial charge in [0.15, 0.2) is 6.61 Å². The molecular weight excluding hydrogens is 445 g/mol. The zero-order chi connectivity index (χ0) is 22.3. The van der Waals surface area contributed by atoms with E-state index < -0.39 is 47.7 Å². The molecular formula is C19H16ClF3N2O4S. The van der Waals surface area contributed by atoms with Gasteiger partial charge in [0.05, 0.1) is 17.1 Å². The fourth-order valence-electron chi connectivity index (χ4n) is 2.15. The Bertz CT molecular complexity index is 946. The molecule has 0 unspecified atom stereocenters. The molecule has 0 radical (unpaired) electrons. The third kappa shape index (κ3) is 7.20. The van der Waals surface area contributed by atoms with E-state index in [1.807, 2.05) is 11.4 Å². The van der Waals surface area contributed by atoms with E-state index in [1.165, 1.54) is 36.6 Å². The first-order valence-corrected chi connectivity index (χ1v) is 9.61. The van der Waals surface area contributed by atoms with Crippen LogP contribution in [0.1, 0.15) is 10.4 Å². The molecule has 1 N–H and O–H groups in total. The smallest absolute Gasteiger partial charge is 0.417 e. The second-order valence-electron chi connectivity index (χ2n) is 5.95. The maximum absolute atomic E-state index is 12.9. The van der Waals surface area contributed by atoms with Crippen LogP contribution in [0.25, 0.3) is 6.08 Å². The lowest BCUT2D eigenvalue weighted by atomic mass is 10.2. The quantitative estimate of drug-likeness (QED) is 0.499. The monoisotopic (exact) mass is 460 g/mol. The Kier molecular flexibility index (Phi) is 8.01. The standard InChI is InChI=1S/C19H16ClF3N2O4S/c1-25(17(27)11-29-18(28)7-5-13-3-2-8-30-13)10-16(26)24-12-4-6-15(20)14(9-12)19(21,22)23/h2-9H,10-11H2,1H3,(H,24,26). The number of hydrogen-bond donors (Lipinski definition) is 1. The Hall–Kier alpha value is -2.85. The van der Waals surface area contributed by atoms with Crippen LogP contribution in [0, 0.1) is 0 Å². The molecule has 0 spiro atoms. The van der Waals surface area contributed by atoms with Crippen molar-refractivity contribution in [2.75, 3.05) is 25.5 Å². The van der Waals surface area contributed by atoms with Gasteiger partial charge in [-0.2, -0.15) is 13.2 Å². The Morgan fingerprint density at radius 3 is 2.63 bits per heavy atom. The van der Waals surface area contributed by atoms with Crippen molar-refractivity contribution in [1.29, 1.82) is 0 Å². The summed E-state index contributed by atoms with van der Waals surface area (Å²) in [5, 5.41) is 3.60. The van der Waals surface area contributed by atoms with Gasteiger partial charge in [0.25, 0.3) is 5.91 Å². The third-order valence-electron chi connectivity index (χ3n) is 3.63. The van der Waals surface area contributed by atoms with Crippen LogP contribution in [-0.2, 0) is 25.3 Å². The van der Waals surface area contributed by atoms with E-state index in [-0.39, 0.29) is 5.69 Å². The molecule has 0 aliphatic rings. The highest BCUT2D eigenvalue weighted by atomic mass is 35.5. The number of anilines is 1. The van der Waals surface area contributed by atoms with Crippen LogP contribution in [0.5, 0.6) is 0 Å². The number of carbonyl (C=O) groups excluding carboxylic acids is 3. The van der Waals surface area contributed by atoms with Crippen LogP contribution in [-0.4, -0.2) is 42.9 Å². The molecule has 1 heterocycles. The first-order valence-electron chi connectivity index (χ1n) is 8.35. The molecule has 0 atom stereocenters. The number of nitrogens with zero attached hydrogens (tertiary/aromatic N) is 1. The van der Waals surface area contributed by atoms with Crippen LogP contribution < -0.4 is 5.32 Å².